The molecule has 2 aromatic rings. The third-order valence-corrected chi connectivity index (χ3v) is 3.81. The number of ether oxygens (including phenoxy) is 2. The van der Waals surface area contributed by atoms with E-state index in [1.54, 1.807) is 30.3 Å². The van der Waals surface area contributed by atoms with Crippen molar-refractivity contribution in [2.24, 2.45) is 0 Å². The number of Topliss-reactive ketones (excluding diaryl/α,β-unsaturated/α-hetero) is 1. The summed E-state index contributed by atoms with van der Waals surface area (Å²) in [6, 6.07) is 11.0. The summed E-state index contributed by atoms with van der Waals surface area (Å²) >= 11 is 5.89. The van der Waals surface area contributed by atoms with Crippen LogP contribution in [0.2, 0.25) is 5.02 Å². The average Bonchev–Trinajstić information content (AvgIpc) is 2.61. The van der Waals surface area contributed by atoms with E-state index in [1.807, 2.05) is 0 Å². The molecular weight excluding hydrogens is 358 g/mol. The molecule has 1 amide bonds. The summed E-state index contributed by atoms with van der Waals surface area (Å²) in [5.41, 5.74) is 1.03. The van der Waals surface area contributed by atoms with Crippen molar-refractivity contribution < 1.29 is 23.9 Å². The van der Waals surface area contributed by atoms with Crippen molar-refractivity contribution in [3.8, 4) is 5.75 Å². The molecular formula is C19H18ClNO5. The molecule has 0 spiro atoms. The van der Waals surface area contributed by atoms with Gasteiger partial charge in [0.15, 0.2) is 11.9 Å². The van der Waals surface area contributed by atoms with Crippen molar-refractivity contribution in [3.63, 3.8) is 0 Å². The molecule has 7 heteroatoms. The van der Waals surface area contributed by atoms with E-state index in [-0.39, 0.29) is 11.3 Å². The summed E-state index contributed by atoms with van der Waals surface area (Å²) in [7, 11) is 1.41. The third kappa shape index (κ3) is 4.83. The van der Waals surface area contributed by atoms with Crippen LogP contribution in [0.3, 0.4) is 0 Å². The van der Waals surface area contributed by atoms with Crippen molar-refractivity contribution >= 4 is 34.9 Å². The van der Waals surface area contributed by atoms with Gasteiger partial charge >= 0.3 is 5.97 Å². The van der Waals surface area contributed by atoms with Crippen LogP contribution >= 0.6 is 11.6 Å². The molecule has 6 nitrogen and oxygen atoms in total. The number of anilines is 1. The van der Waals surface area contributed by atoms with Gasteiger partial charge in [0.25, 0.3) is 5.91 Å². The second-order valence-electron chi connectivity index (χ2n) is 5.52. The number of ketones is 1. The lowest BCUT2D eigenvalue weighted by molar-refractivity contribution is -0.123. The summed E-state index contributed by atoms with van der Waals surface area (Å²) in [5.74, 6) is -1.08. The molecule has 0 aliphatic heterocycles. The molecule has 1 atom stereocenters. The molecule has 0 radical (unpaired) electrons. The van der Waals surface area contributed by atoms with Gasteiger partial charge in [-0.1, -0.05) is 23.7 Å². The van der Waals surface area contributed by atoms with Crippen molar-refractivity contribution in [3.05, 3.63) is 58.6 Å². The first-order chi connectivity index (χ1) is 12.3. The van der Waals surface area contributed by atoms with Crippen LogP contribution in [0.4, 0.5) is 5.69 Å². The van der Waals surface area contributed by atoms with Gasteiger partial charge in [-0.05, 0) is 44.2 Å². The van der Waals surface area contributed by atoms with Crippen LogP contribution in [0, 0.1) is 0 Å². The lowest BCUT2D eigenvalue weighted by Gasteiger charge is -2.15. The van der Waals surface area contributed by atoms with Crippen LogP contribution in [0.15, 0.2) is 42.5 Å². The van der Waals surface area contributed by atoms with Gasteiger partial charge in [-0.3, -0.25) is 9.59 Å². The molecule has 0 aromatic heterocycles. The van der Waals surface area contributed by atoms with Crippen molar-refractivity contribution in [2.45, 2.75) is 20.0 Å². The Hall–Kier alpha value is -2.86. The van der Waals surface area contributed by atoms with Crippen LogP contribution in [-0.4, -0.2) is 30.9 Å². The highest BCUT2D eigenvalue weighted by Crippen LogP contribution is 2.24. The van der Waals surface area contributed by atoms with Crippen molar-refractivity contribution in [1.29, 1.82) is 0 Å². The number of rotatable bonds is 6. The fourth-order valence-corrected chi connectivity index (χ4v) is 2.35. The molecule has 0 aliphatic rings. The zero-order valence-corrected chi connectivity index (χ0v) is 15.3. The van der Waals surface area contributed by atoms with E-state index in [0.29, 0.717) is 22.0 Å². The molecule has 0 heterocycles. The Morgan fingerprint density at radius 3 is 2.50 bits per heavy atom. The number of esters is 1. The van der Waals surface area contributed by atoms with Gasteiger partial charge < -0.3 is 14.8 Å². The Morgan fingerprint density at radius 1 is 1.12 bits per heavy atom. The number of carbonyl (C=O) groups is 3. The molecule has 0 aliphatic carbocycles. The van der Waals surface area contributed by atoms with Crippen molar-refractivity contribution in [1.82, 2.24) is 0 Å². The zero-order chi connectivity index (χ0) is 19.3. The van der Waals surface area contributed by atoms with Gasteiger partial charge in [0.05, 0.1) is 7.11 Å². The second kappa shape index (κ2) is 8.49. The number of hydrogen-bond donors (Lipinski definition) is 1. The first-order valence-electron chi connectivity index (χ1n) is 7.78. The lowest BCUT2D eigenvalue weighted by atomic mass is 10.1. The molecule has 0 saturated carbocycles. The SMILES string of the molecule is COc1ccc(Cl)cc1C(=O)O[C@H](C)C(=O)Nc1cccc(C(C)=O)c1. The quantitative estimate of drug-likeness (QED) is 0.614. The highest BCUT2D eigenvalue weighted by Gasteiger charge is 2.22. The molecule has 26 heavy (non-hydrogen) atoms. The van der Waals surface area contributed by atoms with Crippen LogP contribution in [-0.2, 0) is 9.53 Å². The second-order valence-corrected chi connectivity index (χ2v) is 5.95. The van der Waals surface area contributed by atoms with Gasteiger partial charge in [-0.25, -0.2) is 4.79 Å². The topological polar surface area (TPSA) is 81.7 Å². The average molecular weight is 376 g/mol. The van der Waals surface area contributed by atoms with E-state index in [4.69, 9.17) is 21.1 Å². The number of nitrogens with one attached hydrogen (secondary N) is 1. The van der Waals surface area contributed by atoms with Gasteiger partial charge in [0.1, 0.15) is 11.3 Å². The van der Waals surface area contributed by atoms with E-state index in [1.165, 1.54) is 33.1 Å². The summed E-state index contributed by atoms with van der Waals surface area (Å²) in [5, 5.41) is 2.95. The van der Waals surface area contributed by atoms with Crippen LogP contribution < -0.4 is 10.1 Å². The summed E-state index contributed by atoms with van der Waals surface area (Å²) in [4.78, 5) is 36.0. The van der Waals surface area contributed by atoms with Gasteiger partial charge in [-0.15, -0.1) is 0 Å². The summed E-state index contributed by atoms with van der Waals surface area (Å²) in [6.07, 6.45) is -1.06. The summed E-state index contributed by atoms with van der Waals surface area (Å²) in [6.45, 7) is 2.88. The Kier molecular flexibility index (Phi) is 6.36. The summed E-state index contributed by atoms with van der Waals surface area (Å²) < 4.78 is 10.3. The maximum absolute atomic E-state index is 12.3. The number of benzene rings is 2. The smallest absolute Gasteiger partial charge is 0.342 e. The Balaban J connectivity index is 2.07. The first-order valence-corrected chi connectivity index (χ1v) is 8.16. The molecule has 2 aromatic carbocycles. The fraction of sp³-hybridized carbons (Fsp3) is 0.211. The molecule has 0 saturated heterocycles. The van der Waals surface area contributed by atoms with E-state index >= 15 is 0 Å². The lowest BCUT2D eigenvalue weighted by Crippen LogP contribution is -2.30. The van der Waals surface area contributed by atoms with Gasteiger partial charge in [0, 0.05) is 16.3 Å². The molecule has 0 fully saturated rings. The van der Waals surface area contributed by atoms with E-state index in [2.05, 4.69) is 5.32 Å². The molecule has 1 N–H and O–H groups in total. The molecule has 2 rings (SSSR count). The minimum absolute atomic E-state index is 0.117. The zero-order valence-electron chi connectivity index (χ0n) is 14.5. The molecule has 136 valence electrons. The molecule has 0 bridgehead atoms. The monoisotopic (exact) mass is 375 g/mol. The van der Waals surface area contributed by atoms with Crippen LogP contribution in [0.1, 0.15) is 34.6 Å². The fourth-order valence-electron chi connectivity index (χ4n) is 2.18. The van der Waals surface area contributed by atoms with E-state index in [0.717, 1.165) is 0 Å². The minimum atomic E-state index is -1.06. The normalized spacial score (nSPS) is 11.4. The highest BCUT2D eigenvalue weighted by atomic mass is 35.5. The third-order valence-electron chi connectivity index (χ3n) is 3.57. The number of amides is 1. The minimum Gasteiger partial charge on any atom is -0.496 e. The maximum atomic E-state index is 12.3. The maximum Gasteiger partial charge on any atom is 0.342 e. The largest absolute Gasteiger partial charge is 0.496 e. The first kappa shape index (κ1) is 19.5. The standard InChI is InChI=1S/C19H18ClNO5/c1-11(22)13-5-4-6-15(9-13)21-18(23)12(2)26-19(24)16-10-14(20)7-8-17(16)25-3/h4-10,12H,1-3H3,(H,21,23)/t12-/m1/s1. The Bertz CT molecular complexity index is 850. The van der Waals surface area contributed by atoms with Gasteiger partial charge in [-0.2, -0.15) is 0 Å². The number of carbonyl (C=O) groups excluding carboxylic acids is 3. The van der Waals surface area contributed by atoms with E-state index < -0.39 is 18.0 Å². The molecule has 0 unspecified atom stereocenters. The Morgan fingerprint density at radius 2 is 1.85 bits per heavy atom. The number of methoxy groups -OCH3 is 1. The predicted molar refractivity (Wildman–Crippen MR) is 98.0 cm³/mol. The van der Waals surface area contributed by atoms with E-state index in [9.17, 15) is 14.4 Å². The van der Waals surface area contributed by atoms with Crippen LogP contribution in [0.5, 0.6) is 5.75 Å². The number of hydrogen-bond acceptors (Lipinski definition) is 5. The Labute approximate surface area is 156 Å². The highest BCUT2D eigenvalue weighted by molar-refractivity contribution is 6.31. The van der Waals surface area contributed by atoms with Crippen LogP contribution in [0.25, 0.3) is 0 Å². The van der Waals surface area contributed by atoms with Crippen molar-refractivity contribution in [2.75, 3.05) is 12.4 Å². The number of halogens is 1. The predicted octanol–water partition coefficient (Wildman–Crippen LogP) is 3.74. The van der Waals surface area contributed by atoms with Gasteiger partial charge in [0.2, 0.25) is 0 Å².